The van der Waals surface area contributed by atoms with Gasteiger partial charge in [0.25, 0.3) is 0 Å². The van der Waals surface area contributed by atoms with Crippen LogP contribution in [0.25, 0.3) is 0 Å². The molecule has 0 aromatic heterocycles. The number of nitrogens with zero attached hydrogens (tertiary/aromatic N) is 2. The lowest BCUT2D eigenvalue weighted by molar-refractivity contribution is -0.0258. The summed E-state index contributed by atoms with van der Waals surface area (Å²) in [6, 6.07) is 7.01. The van der Waals surface area contributed by atoms with Gasteiger partial charge in [0.15, 0.2) is 0 Å². The summed E-state index contributed by atoms with van der Waals surface area (Å²) in [6.45, 7) is 12.1. The Labute approximate surface area is 152 Å². The average Bonchev–Trinajstić information content (AvgIpc) is 2.62. The topological polar surface area (TPSA) is 15.7 Å². The summed E-state index contributed by atoms with van der Waals surface area (Å²) in [6.07, 6.45) is 4.90. The van der Waals surface area contributed by atoms with E-state index in [9.17, 15) is 4.39 Å². The molecule has 0 aliphatic carbocycles. The maximum Gasteiger partial charge on any atom is 0.123 e. The number of piperidine rings is 1. The lowest BCUT2D eigenvalue weighted by Crippen LogP contribution is -2.56. The molecule has 0 spiro atoms. The molecule has 0 saturated carbocycles. The molecule has 0 bridgehead atoms. The number of likely N-dealkylation sites (tertiary alicyclic amines) is 1. The highest BCUT2D eigenvalue weighted by Gasteiger charge is 2.32. The highest BCUT2D eigenvalue weighted by Crippen LogP contribution is 2.25. The van der Waals surface area contributed by atoms with E-state index in [0.29, 0.717) is 0 Å². The van der Waals surface area contributed by atoms with Crippen LogP contribution in [-0.4, -0.2) is 61.3 Å². The molecule has 2 saturated heterocycles. The van der Waals surface area contributed by atoms with Gasteiger partial charge in [0.1, 0.15) is 5.82 Å². The summed E-state index contributed by atoms with van der Waals surface area (Å²) < 4.78 is 18.5. The number of rotatable bonds is 6. The molecule has 4 heteroatoms. The molecule has 2 fully saturated rings. The van der Waals surface area contributed by atoms with Crippen molar-refractivity contribution in [1.29, 1.82) is 0 Å². The van der Waals surface area contributed by atoms with Crippen molar-refractivity contribution in [2.45, 2.75) is 45.1 Å². The molecule has 0 amide bonds. The van der Waals surface area contributed by atoms with Gasteiger partial charge in [-0.3, -0.25) is 4.90 Å². The van der Waals surface area contributed by atoms with Gasteiger partial charge in [-0.05, 0) is 69.7 Å². The first kappa shape index (κ1) is 18.8. The lowest BCUT2D eigenvalue weighted by atomic mass is 9.90. The van der Waals surface area contributed by atoms with Crippen LogP contribution in [0.3, 0.4) is 0 Å². The summed E-state index contributed by atoms with van der Waals surface area (Å²) in [5, 5.41) is 0. The minimum absolute atomic E-state index is 0.141. The first-order valence-electron chi connectivity index (χ1n) is 9.82. The Balaban J connectivity index is 1.47. The van der Waals surface area contributed by atoms with E-state index >= 15 is 0 Å². The fourth-order valence-corrected chi connectivity index (χ4v) is 4.37. The van der Waals surface area contributed by atoms with Gasteiger partial charge in [-0.2, -0.15) is 0 Å². The van der Waals surface area contributed by atoms with E-state index in [2.05, 4.69) is 23.6 Å². The van der Waals surface area contributed by atoms with E-state index < -0.39 is 0 Å². The third-order valence-electron chi connectivity index (χ3n) is 5.84. The Morgan fingerprint density at radius 2 is 1.84 bits per heavy atom. The van der Waals surface area contributed by atoms with Crippen LogP contribution in [0, 0.1) is 11.7 Å². The molecule has 0 N–H and O–H groups in total. The Kier molecular flexibility index (Phi) is 6.48. The zero-order valence-electron chi connectivity index (χ0n) is 15.8. The molecule has 2 aliphatic heterocycles. The molecule has 0 unspecified atom stereocenters. The molecule has 1 aromatic carbocycles. The van der Waals surface area contributed by atoms with Crippen molar-refractivity contribution in [3.05, 3.63) is 35.6 Å². The first-order valence-corrected chi connectivity index (χ1v) is 9.82. The lowest BCUT2D eigenvalue weighted by Gasteiger charge is -2.45. The van der Waals surface area contributed by atoms with Gasteiger partial charge in [0.05, 0.1) is 13.2 Å². The van der Waals surface area contributed by atoms with E-state index in [1.807, 2.05) is 12.1 Å². The molecule has 3 nitrogen and oxygen atoms in total. The Morgan fingerprint density at radius 3 is 2.56 bits per heavy atom. The van der Waals surface area contributed by atoms with Gasteiger partial charge in [-0.1, -0.05) is 12.1 Å². The summed E-state index contributed by atoms with van der Waals surface area (Å²) in [4.78, 5) is 5.24. The monoisotopic (exact) mass is 348 g/mol. The zero-order valence-corrected chi connectivity index (χ0v) is 15.8. The highest BCUT2D eigenvalue weighted by molar-refractivity contribution is 5.16. The van der Waals surface area contributed by atoms with Crippen LogP contribution in [0.1, 0.15) is 38.7 Å². The fourth-order valence-electron chi connectivity index (χ4n) is 4.37. The standard InChI is InChI=1S/C21H33FN2O/c1-21(2,24-12-14-25-15-13-24)17-23-11-3-4-19(16-23)6-5-18-7-9-20(22)10-8-18/h7-10,19H,3-6,11-17H2,1-2H3/t19-/m1/s1. The second-order valence-electron chi connectivity index (χ2n) is 8.32. The summed E-state index contributed by atoms with van der Waals surface area (Å²) >= 11 is 0. The van der Waals surface area contributed by atoms with Gasteiger partial charge in [-0.25, -0.2) is 4.39 Å². The molecule has 2 aliphatic rings. The molecule has 1 aromatic rings. The van der Waals surface area contributed by atoms with Crippen molar-refractivity contribution in [2.75, 3.05) is 45.9 Å². The molecule has 0 radical (unpaired) electrons. The molecule has 140 valence electrons. The largest absolute Gasteiger partial charge is 0.379 e. The first-order chi connectivity index (χ1) is 12.0. The van der Waals surface area contributed by atoms with Crippen LogP contribution >= 0.6 is 0 Å². The maximum absolute atomic E-state index is 13.0. The van der Waals surface area contributed by atoms with Crippen molar-refractivity contribution in [2.24, 2.45) is 5.92 Å². The second kappa shape index (κ2) is 8.61. The Morgan fingerprint density at radius 1 is 1.12 bits per heavy atom. The van der Waals surface area contributed by atoms with Crippen LogP contribution in [0.5, 0.6) is 0 Å². The van der Waals surface area contributed by atoms with Crippen LogP contribution < -0.4 is 0 Å². The summed E-state index contributed by atoms with van der Waals surface area (Å²) in [7, 11) is 0. The third-order valence-corrected chi connectivity index (χ3v) is 5.84. The van der Waals surface area contributed by atoms with Crippen LogP contribution in [0.15, 0.2) is 24.3 Å². The fraction of sp³-hybridized carbons (Fsp3) is 0.714. The predicted molar refractivity (Wildman–Crippen MR) is 100 cm³/mol. The van der Waals surface area contributed by atoms with Crippen molar-refractivity contribution in [3.63, 3.8) is 0 Å². The SMILES string of the molecule is CC(C)(CN1CCC[C@H](CCc2ccc(F)cc2)C1)N1CCOCC1. The Bertz CT molecular complexity index is 525. The maximum atomic E-state index is 13.0. The second-order valence-corrected chi connectivity index (χ2v) is 8.32. The van der Waals surface area contributed by atoms with E-state index in [0.717, 1.165) is 45.2 Å². The molecule has 25 heavy (non-hydrogen) atoms. The van der Waals surface area contributed by atoms with E-state index in [1.165, 1.54) is 37.9 Å². The van der Waals surface area contributed by atoms with Crippen LogP contribution in [0.2, 0.25) is 0 Å². The van der Waals surface area contributed by atoms with Gasteiger partial charge in [-0.15, -0.1) is 0 Å². The summed E-state index contributed by atoms with van der Waals surface area (Å²) in [5.41, 5.74) is 1.47. The number of hydrogen-bond acceptors (Lipinski definition) is 3. The third kappa shape index (κ3) is 5.50. The van der Waals surface area contributed by atoms with E-state index in [4.69, 9.17) is 4.74 Å². The average molecular weight is 349 g/mol. The number of aryl methyl sites for hydroxylation is 1. The molecule has 2 heterocycles. The number of hydrogen-bond donors (Lipinski definition) is 0. The summed E-state index contributed by atoms with van der Waals surface area (Å²) in [5.74, 6) is 0.622. The van der Waals surface area contributed by atoms with E-state index in [-0.39, 0.29) is 11.4 Å². The van der Waals surface area contributed by atoms with Crippen molar-refractivity contribution in [1.82, 2.24) is 9.80 Å². The minimum atomic E-state index is -0.141. The van der Waals surface area contributed by atoms with Gasteiger partial charge in [0.2, 0.25) is 0 Å². The van der Waals surface area contributed by atoms with Crippen molar-refractivity contribution in [3.8, 4) is 0 Å². The normalized spacial score (nSPS) is 23.7. The molecule has 1 atom stereocenters. The van der Waals surface area contributed by atoms with Gasteiger partial charge >= 0.3 is 0 Å². The van der Waals surface area contributed by atoms with Gasteiger partial charge in [0, 0.05) is 31.7 Å². The smallest absolute Gasteiger partial charge is 0.123 e. The minimum Gasteiger partial charge on any atom is -0.379 e. The predicted octanol–water partition coefficient (Wildman–Crippen LogP) is 3.58. The number of ether oxygens (including phenoxy) is 1. The number of benzene rings is 1. The van der Waals surface area contributed by atoms with Crippen LogP contribution in [-0.2, 0) is 11.2 Å². The Hall–Kier alpha value is -0.970. The van der Waals surface area contributed by atoms with Crippen LogP contribution in [0.4, 0.5) is 4.39 Å². The molecule has 3 rings (SSSR count). The number of halogens is 1. The van der Waals surface area contributed by atoms with Gasteiger partial charge < -0.3 is 9.64 Å². The van der Waals surface area contributed by atoms with Crippen molar-refractivity contribution >= 4 is 0 Å². The molecular formula is C21H33FN2O. The number of morpholine rings is 1. The van der Waals surface area contributed by atoms with E-state index in [1.54, 1.807) is 12.1 Å². The quantitative estimate of drug-likeness (QED) is 0.781. The van der Waals surface area contributed by atoms with Crippen molar-refractivity contribution < 1.29 is 9.13 Å². The highest BCUT2D eigenvalue weighted by atomic mass is 19.1. The molecular weight excluding hydrogens is 315 g/mol. The zero-order chi connectivity index (χ0) is 17.7.